The van der Waals surface area contributed by atoms with Crippen LogP contribution in [0.4, 0.5) is 5.82 Å². The number of aryl methyl sites for hydroxylation is 2. The number of nitrogens with zero attached hydrogens (tertiary/aromatic N) is 2. The van der Waals surface area contributed by atoms with Crippen molar-refractivity contribution < 1.29 is 9.90 Å². The fraction of sp³-hybridized carbons (Fsp3) is 0.286. The molecule has 0 aliphatic heterocycles. The van der Waals surface area contributed by atoms with Gasteiger partial charge in [-0.2, -0.15) is 0 Å². The van der Waals surface area contributed by atoms with Crippen LogP contribution in [0.15, 0.2) is 18.2 Å². The van der Waals surface area contributed by atoms with Crippen molar-refractivity contribution in [1.82, 2.24) is 4.98 Å². The van der Waals surface area contributed by atoms with Crippen molar-refractivity contribution in [3.8, 4) is 0 Å². The molecule has 1 N–H and O–H groups in total. The normalized spacial score (nSPS) is 10.7. The van der Waals surface area contributed by atoms with E-state index >= 15 is 0 Å². The number of hydrogen-bond donors (Lipinski definition) is 1. The zero-order valence-corrected chi connectivity index (χ0v) is 11.0. The second-order valence-corrected chi connectivity index (χ2v) is 4.69. The van der Waals surface area contributed by atoms with E-state index in [9.17, 15) is 9.90 Å². The molecule has 0 unspecified atom stereocenters. The van der Waals surface area contributed by atoms with E-state index < -0.39 is 5.97 Å². The topological polar surface area (TPSA) is 53.4 Å². The Bertz CT molecular complexity index is 633. The van der Waals surface area contributed by atoms with Gasteiger partial charge < -0.3 is 10.0 Å². The van der Waals surface area contributed by atoms with Crippen LogP contribution in [0.3, 0.4) is 0 Å². The molecule has 0 bridgehead atoms. The third-order valence-corrected chi connectivity index (χ3v) is 3.06. The molecule has 0 radical (unpaired) electrons. The average Bonchev–Trinajstić information content (AvgIpc) is 2.28. The van der Waals surface area contributed by atoms with Gasteiger partial charge in [-0.15, -0.1) is 0 Å². The summed E-state index contributed by atoms with van der Waals surface area (Å²) in [7, 11) is 3.59. The van der Waals surface area contributed by atoms with Gasteiger partial charge in [0.15, 0.2) is 0 Å². The van der Waals surface area contributed by atoms with E-state index in [1.807, 2.05) is 26.0 Å². The van der Waals surface area contributed by atoms with Crippen LogP contribution in [0, 0.1) is 13.8 Å². The molecule has 0 fully saturated rings. The van der Waals surface area contributed by atoms with Crippen molar-refractivity contribution in [2.45, 2.75) is 13.8 Å². The fourth-order valence-corrected chi connectivity index (χ4v) is 1.93. The predicted molar refractivity (Wildman–Crippen MR) is 72.5 cm³/mol. The molecule has 1 aromatic carbocycles. The highest BCUT2D eigenvalue weighted by Crippen LogP contribution is 2.24. The molecule has 94 valence electrons. The highest BCUT2D eigenvalue weighted by atomic mass is 16.4. The first kappa shape index (κ1) is 12.4. The van der Waals surface area contributed by atoms with Crippen molar-refractivity contribution in [3.05, 3.63) is 34.9 Å². The number of anilines is 1. The number of fused-ring (bicyclic) bond motifs is 1. The predicted octanol–water partition coefficient (Wildman–Crippen LogP) is 2.62. The third kappa shape index (κ3) is 2.01. The average molecular weight is 244 g/mol. The van der Waals surface area contributed by atoms with E-state index in [1.54, 1.807) is 25.1 Å². The largest absolute Gasteiger partial charge is 0.478 e. The van der Waals surface area contributed by atoms with Gasteiger partial charge in [-0.3, -0.25) is 0 Å². The summed E-state index contributed by atoms with van der Waals surface area (Å²) in [6, 6.07) is 5.65. The second-order valence-electron chi connectivity index (χ2n) is 4.69. The molecule has 1 aromatic heterocycles. The number of aromatic carboxylic acids is 1. The number of rotatable bonds is 2. The Balaban J connectivity index is 2.80. The van der Waals surface area contributed by atoms with E-state index in [1.165, 1.54) is 0 Å². The molecule has 0 saturated carbocycles. The summed E-state index contributed by atoms with van der Waals surface area (Å²) in [6.45, 7) is 4.03. The SMILES string of the molecule is Cc1cc2cc(C(=O)O)c(N(C)C)nc2cc1C. The zero-order chi connectivity index (χ0) is 13.4. The van der Waals surface area contributed by atoms with Gasteiger partial charge in [0.2, 0.25) is 0 Å². The highest BCUT2D eigenvalue weighted by Gasteiger charge is 2.15. The maximum atomic E-state index is 11.3. The molecule has 18 heavy (non-hydrogen) atoms. The number of hydrogen-bond acceptors (Lipinski definition) is 3. The number of benzene rings is 1. The van der Waals surface area contributed by atoms with Crippen LogP contribution in [-0.4, -0.2) is 30.2 Å². The van der Waals surface area contributed by atoms with Crippen LogP contribution in [0.25, 0.3) is 10.9 Å². The number of pyridine rings is 1. The lowest BCUT2D eigenvalue weighted by atomic mass is 10.0. The minimum atomic E-state index is -0.952. The summed E-state index contributed by atoms with van der Waals surface area (Å²) in [6.07, 6.45) is 0. The van der Waals surface area contributed by atoms with Crippen LogP contribution in [0.1, 0.15) is 21.5 Å². The molecule has 4 heteroatoms. The van der Waals surface area contributed by atoms with Gasteiger partial charge in [0.25, 0.3) is 0 Å². The molecule has 0 aliphatic carbocycles. The van der Waals surface area contributed by atoms with Crippen molar-refractivity contribution in [1.29, 1.82) is 0 Å². The minimum Gasteiger partial charge on any atom is -0.478 e. The quantitative estimate of drug-likeness (QED) is 0.882. The Morgan fingerprint density at radius 3 is 2.33 bits per heavy atom. The minimum absolute atomic E-state index is 0.232. The Hall–Kier alpha value is -2.10. The molecule has 4 nitrogen and oxygen atoms in total. The molecule has 0 spiro atoms. The molecular weight excluding hydrogens is 228 g/mol. The van der Waals surface area contributed by atoms with E-state index in [0.29, 0.717) is 5.82 Å². The maximum absolute atomic E-state index is 11.3. The van der Waals surface area contributed by atoms with E-state index in [4.69, 9.17) is 0 Å². The van der Waals surface area contributed by atoms with Crippen LogP contribution in [-0.2, 0) is 0 Å². The summed E-state index contributed by atoms with van der Waals surface area (Å²) in [4.78, 5) is 17.4. The lowest BCUT2D eigenvalue weighted by Crippen LogP contribution is -2.15. The summed E-state index contributed by atoms with van der Waals surface area (Å²) >= 11 is 0. The first-order valence-electron chi connectivity index (χ1n) is 5.73. The lowest BCUT2D eigenvalue weighted by molar-refractivity contribution is 0.0697. The molecular formula is C14H16N2O2. The van der Waals surface area contributed by atoms with E-state index in [0.717, 1.165) is 22.0 Å². The van der Waals surface area contributed by atoms with Gasteiger partial charge in [0, 0.05) is 19.5 Å². The molecule has 0 saturated heterocycles. The fourth-order valence-electron chi connectivity index (χ4n) is 1.93. The van der Waals surface area contributed by atoms with Gasteiger partial charge in [-0.05, 0) is 43.2 Å². The van der Waals surface area contributed by atoms with Crippen LogP contribution < -0.4 is 4.90 Å². The van der Waals surface area contributed by atoms with Crippen molar-refractivity contribution in [3.63, 3.8) is 0 Å². The molecule has 0 amide bonds. The van der Waals surface area contributed by atoms with Gasteiger partial charge in [0.1, 0.15) is 11.4 Å². The Kier molecular flexibility index (Phi) is 2.95. The van der Waals surface area contributed by atoms with Crippen LogP contribution >= 0.6 is 0 Å². The third-order valence-electron chi connectivity index (χ3n) is 3.06. The Morgan fingerprint density at radius 2 is 1.78 bits per heavy atom. The summed E-state index contributed by atoms with van der Waals surface area (Å²) in [5, 5.41) is 10.1. The lowest BCUT2D eigenvalue weighted by Gasteiger charge is -2.15. The van der Waals surface area contributed by atoms with E-state index in [2.05, 4.69) is 4.98 Å². The highest BCUT2D eigenvalue weighted by molar-refractivity contribution is 5.98. The molecule has 2 rings (SSSR count). The van der Waals surface area contributed by atoms with Gasteiger partial charge >= 0.3 is 5.97 Å². The Labute approximate surface area is 106 Å². The second kappa shape index (κ2) is 4.29. The van der Waals surface area contributed by atoms with Crippen molar-refractivity contribution in [2.24, 2.45) is 0 Å². The zero-order valence-electron chi connectivity index (χ0n) is 11.0. The number of carboxylic acid groups (broad SMARTS) is 1. The summed E-state index contributed by atoms with van der Waals surface area (Å²) in [5.74, 6) is -0.468. The van der Waals surface area contributed by atoms with Crippen LogP contribution in [0.2, 0.25) is 0 Å². The number of carbonyl (C=O) groups is 1. The van der Waals surface area contributed by atoms with Crippen molar-refractivity contribution in [2.75, 3.05) is 19.0 Å². The monoisotopic (exact) mass is 244 g/mol. The standard InChI is InChI=1S/C14H16N2O2/c1-8-5-10-7-11(14(17)18)13(16(3)4)15-12(10)6-9(8)2/h5-7H,1-4H3,(H,17,18). The molecule has 1 heterocycles. The van der Waals surface area contributed by atoms with Crippen molar-refractivity contribution >= 4 is 22.7 Å². The number of aromatic nitrogens is 1. The van der Waals surface area contributed by atoms with Gasteiger partial charge in [0.05, 0.1) is 5.52 Å². The van der Waals surface area contributed by atoms with E-state index in [-0.39, 0.29) is 5.56 Å². The molecule has 0 aliphatic rings. The summed E-state index contributed by atoms with van der Waals surface area (Å²) < 4.78 is 0. The molecule has 0 atom stereocenters. The van der Waals surface area contributed by atoms with Gasteiger partial charge in [-0.1, -0.05) is 0 Å². The first-order chi connectivity index (χ1) is 8.40. The smallest absolute Gasteiger partial charge is 0.339 e. The Morgan fingerprint density at radius 1 is 1.17 bits per heavy atom. The van der Waals surface area contributed by atoms with Gasteiger partial charge in [-0.25, -0.2) is 9.78 Å². The molecule has 2 aromatic rings. The maximum Gasteiger partial charge on any atom is 0.339 e. The first-order valence-corrected chi connectivity index (χ1v) is 5.73. The number of carboxylic acids is 1. The van der Waals surface area contributed by atoms with Crippen LogP contribution in [0.5, 0.6) is 0 Å². The summed E-state index contributed by atoms with van der Waals surface area (Å²) in [5.41, 5.74) is 3.35.